The Bertz CT molecular complexity index is 1310. The molecule has 1 amide bonds. The molecule has 1 unspecified atom stereocenters. The predicted octanol–water partition coefficient (Wildman–Crippen LogP) is 2.00. The number of pyridine rings is 1. The van der Waals surface area contributed by atoms with Crippen LogP contribution in [0, 0.1) is 0 Å². The Labute approximate surface area is 188 Å². The number of amides is 1. The molecule has 1 aliphatic heterocycles. The lowest BCUT2D eigenvalue weighted by Gasteiger charge is -2.38. The smallest absolute Gasteiger partial charge is 0.387 e. The van der Waals surface area contributed by atoms with Crippen molar-refractivity contribution in [1.29, 1.82) is 0 Å². The molecule has 9 nitrogen and oxygen atoms in total. The Morgan fingerprint density at radius 3 is 2.70 bits per heavy atom. The average Bonchev–Trinajstić information content (AvgIpc) is 3.03. The monoisotopic (exact) mass is 480 g/mol. The molecule has 33 heavy (non-hydrogen) atoms. The number of sulfone groups is 1. The minimum Gasteiger partial charge on any atom is -0.435 e. The number of ether oxygens (including phenoxy) is 1. The van der Waals surface area contributed by atoms with Crippen molar-refractivity contribution >= 4 is 26.8 Å². The summed E-state index contributed by atoms with van der Waals surface area (Å²) in [5.41, 5.74) is 1.04. The van der Waals surface area contributed by atoms with E-state index < -0.39 is 34.0 Å². The molecule has 1 aromatic carbocycles. The lowest BCUT2D eigenvalue weighted by molar-refractivity contribution is -0.0498. The van der Waals surface area contributed by atoms with Crippen LogP contribution in [0.25, 0.3) is 22.3 Å². The van der Waals surface area contributed by atoms with Gasteiger partial charge in [0.1, 0.15) is 17.0 Å². The van der Waals surface area contributed by atoms with Crippen molar-refractivity contribution < 1.29 is 31.8 Å². The summed E-state index contributed by atoms with van der Waals surface area (Å²) >= 11 is 0. The molecule has 176 valence electrons. The van der Waals surface area contributed by atoms with Crippen molar-refractivity contribution in [2.24, 2.45) is 0 Å². The van der Waals surface area contributed by atoms with Gasteiger partial charge in [-0.25, -0.2) is 8.42 Å². The highest BCUT2D eigenvalue weighted by Crippen LogP contribution is 2.30. The summed E-state index contributed by atoms with van der Waals surface area (Å²) in [6, 6.07) is 7.55. The van der Waals surface area contributed by atoms with E-state index in [0.717, 1.165) is 0 Å². The van der Waals surface area contributed by atoms with Gasteiger partial charge in [-0.1, -0.05) is 12.1 Å². The molecule has 12 heteroatoms. The minimum atomic E-state index is -3.14. The van der Waals surface area contributed by atoms with Crippen LogP contribution in [-0.2, 0) is 16.4 Å². The van der Waals surface area contributed by atoms with Gasteiger partial charge >= 0.3 is 6.61 Å². The fourth-order valence-electron chi connectivity index (χ4n) is 3.93. The molecule has 0 bridgehead atoms. The Morgan fingerprint density at radius 2 is 2.06 bits per heavy atom. The van der Waals surface area contributed by atoms with E-state index in [-0.39, 0.29) is 29.4 Å². The van der Waals surface area contributed by atoms with Gasteiger partial charge in [-0.15, -0.1) is 0 Å². The normalized spacial score (nSPS) is 17.5. The van der Waals surface area contributed by atoms with Crippen LogP contribution in [0.4, 0.5) is 8.78 Å². The Morgan fingerprint density at radius 1 is 1.33 bits per heavy atom. The second kappa shape index (κ2) is 8.34. The van der Waals surface area contributed by atoms with E-state index in [9.17, 15) is 27.1 Å². The standard InChI is InChI=1S/C21H22F2N4O5S/c1-12(28)9-27-16-7-14(19(29)25-21(2)10-33(30,31)11-21)8-24-18(16)17(26-27)13-4-3-5-15(6-13)32-20(22)23/h3-8,12,20,28H,9-11H2,1-2H3,(H,25,29). The van der Waals surface area contributed by atoms with Crippen molar-refractivity contribution in [1.82, 2.24) is 20.1 Å². The maximum absolute atomic E-state index is 12.8. The van der Waals surface area contributed by atoms with Gasteiger partial charge in [-0.2, -0.15) is 13.9 Å². The molecular weight excluding hydrogens is 458 g/mol. The Hall–Kier alpha value is -3.12. The number of halogens is 2. The van der Waals surface area contributed by atoms with Crippen LogP contribution in [-0.4, -0.2) is 64.0 Å². The first-order chi connectivity index (χ1) is 15.4. The number of aliphatic hydroxyl groups excluding tert-OH is 1. The second-order valence-electron chi connectivity index (χ2n) is 8.42. The van der Waals surface area contributed by atoms with E-state index in [1.165, 1.54) is 23.0 Å². The number of hydrogen-bond acceptors (Lipinski definition) is 7. The maximum atomic E-state index is 12.8. The van der Waals surface area contributed by atoms with E-state index in [2.05, 4.69) is 20.1 Å². The van der Waals surface area contributed by atoms with Gasteiger partial charge in [0.2, 0.25) is 0 Å². The summed E-state index contributed by atoms with van der Waals surface area (Å²) in [6.45, 7) is 0.359. The average molecular weight is 480 g/mol. The molecule has 4 rings (SSSR count). The number of nitrogens with zero attached hydrogens (tertiary/aromatic N) is 3. The van der Waals surface area contributed by atoms with Gasteiger partial charge < -0.3 is 15.2 Å². The molecule has 0 spiro atoms. The summed E-state index contributed by atoms with van der Waals surface area (Å²) in [7, 11) is -3.14. The van der Waals surface area contributed by atoms with Crippen molar-refractivity contribution in [2.45, 2.75) is 38.6 Å². The van der Waals surface area contributed by atoms with Gasteiger partial charge in [0.05, 0.1) is 40.8 Å². The largest absolute Gasteiger partial charge is 0.435 e. The quantitative estimate of drug-likeness (QED) is 0.530. The Balaban J connectivity index is 1.71. The highest BCUT2D eigenvalue weighted by molar-refractivity contribution is 7.93. The zero-order chi connectivity index (χ0) is 24.0. The van der Waals surface area contributed by atoms with Crippen LogP contribution in [0.3, 0.4) is 0 Å². The predicted molar refractivity (Wildman–Crippen MR) is 116 cm³/mol. The van der Waals surface area contributed by atoms with Crippen LogP contribution in [0.1, 0.15) is 24.2 Å². The number of alkyl halides is 2. The molecule has 3 heterocycles. The first-order valence-electron chi connectivity index (χ1n) is 10.1. The van der Waals surface area contributed by atoms with Crippen LogP contribution >= 0.6 is 0 Å². The third-order valence-electron chi connectivity index (χ3n) is 5.11. The van der Waals surface area contributed by atoms with Crippen LogP contribution in [0.5, 0.6) is 5.75 Å². The highest BCUT2D eigenvalue weighted by Gasteiger charge is 2.45. The number of benzene rings is 1. The van der Waals surface area contributed by atoms with Crippen molar-refractivity contribution in [2.75, 3.05) is 11.5 Å². The first-order valence-corrected chi connectivity index (χ1v) is 11.9. The number of carbonyl (C=O) groups is 1. The van der Waals surface area contributed by atoms with Gasteiger partial charge in [-0.05, 0) is 32.0 Å². The summed E-state index contributed by atoms with van der Waals surface area (Å²) < 4.78 is 54.2. The van der Waals surface area contributed by atoms with Crippen molar-refractivity contribution in [3.63, 3.8) is 0 Å². The fraction of sp³-hybridized carbons (Fsp3) is 0.381. The second-order valence-corrected chi connectivity index (χ2v) is 10.5. The summed E-state index contributed by atoms with van der Waals surface area (Å²) in [4.78, 5) is 17.1. The highest BCUT2D eigenvalue weighted by atomic mass is 32.2. The SMILES string of the molecule is CC(O)Cn1nc(-c2cccc(OC(F)F)c2)c2ncc(C(=O)NC3(C)CS(=O)(=O)C3)cc21. The van der Waals surface area contributed by atoms with Crippen molar-refractivity contribution in [3.8, 4) is 17.0 Å². The molecule has 1 fully saturated rings. The zero-order valence-electron chi connectivity index (χ0n) is 17.8. The minimum absolute atomic E-state index is 0.0413. The molecule has 2 aromatic heterocycles. The first kappa shape index (κ1) is 23.1. The number of rotatable bonds is 7. The fourth-order valence-corrected chi connectivity index (χ4v) is 5.93. The number of hydrogen-bond donors (Lipinski definition) is 2. The third-order valence-corrected chi connectivity index (χ3v) is 7.27. The molecule has 3 aromatic rings. The van der Waals surface area contributed by atoms with Gasteiger partial charge in [0.15, 0.2) is 9.84 Å². The Kier molecular flexibility index (Phi) is 5.83. The number of fused-ring (bicyclic) bond motifs is 1. The van der Waals surface area contributed by atoms with Gasteiger partial charge in [0, 0.05) is 11.8 Å². The van der Waals surface area contributed by atoms with Gasteiger partial charge in [0.25, 0.3) is 5.91 Å². The van der Waals surface area contributed by atoms with E-state index in [1.807, 2.05) is 0 Å². The van der Waals surface area contributed by atoms with Crippen LogP contribution in [0.2, 0.25) is 0 Å². The zero-order valence-corrected chi connectivity index (χ0v) is 18.6. The van der Waals surface area contributed by atoms with Gasteiger partial charge in [-0.3, -0.25) is 14.5 Å². The van der Waals surface area contributed by atoms with E-state index in [4.69, 9.17) is 0 Å². The molecule has 1 atom stereocenters. The summed E-state index contributed by atoms with van der Waals surface area (Å²) in [6.07, 6.45) is 0.581. The maximum Gasteiger partial charge on any atom is 0.387 e. The third kappa shape index (κ3) is 4.96. The molecular formula is C21H22F2N4O5S. The number of nitrogens with one attached hydrogen (secondary N) is 1. The van der Waals surface area contributed by atoms with Crippen LogP contribution < -0.4 is 10.1 Å². The molecule has 1 aliphatic rings. The number of aliphatic hydroxyl groups is 1. The van der Waals surface area contributed by atoms with E-state index in [1.54, 1.807) is 32.0 Å². The van der Waals surface area contributed by atoms with E-state index >= 15 is 0 Å². The molecule has 1 saturated heterocycles. The van der Waals surface area contributed by atoms with Crippen molar-refractivity contribution in [3.05, 3.63) is 42.1 Å². The molecule has 0 saturated carbocycles. The summed E-state index contributed by atoms with van der Waals surface area (Å²) in [5.74, 6) is -0.800. The van der Waals surface area contributed by atoms with E-state index in [0.29, 0.717) is 22.3 Å². The number of carbonyl (C=O) groups excluding carboxylic acids is 1. The topological polar surface area (TPSA) is 123 Å². The molecule has 0 aliphatic carbocycles. The number of aromatic nitrogens is 3. The van der Waals surface area contributed by atoms with Crippen LogP contribution in [0.15, 0.2) is 36.5 Å². The molecule has 2 N–H and O–H groups in total. The lowest BCUT2D eigenvalue weighted by Crippen LogP contribution is -2.63. The summed E-state index contributed by atoms with van der Waals surface area (Å²) in [5, 5.41) is 17.1. The lowest BCUT2D eigenvalue weighted by atomic mass is 10.1. The molecule has 0 radical (unpaired) electrons.